The summed E-state index contributed by atoms with van der Waals surface area (Å²) in [5.74, 6) is -2.46. The fraction of sp³-hybridized carbons (Fsp3) is 0. The molecule has 1 aromatic carbocycles. The maximum atomic E-state index is 10.5. The van der Waals surface area contributed by atoms with Crippen LogP contribution >= 0.6 is 0 Å². The van der Waals surface area contributed by atoms with Crippen molar-refractivity contribution in [3.8, 4) is 0 Å². The summed E-state index contributed by atoms with van der Waals surface area (Å²) in [5, 5.41) is 17.1. The van der Waals surface area contributed by atoms with Crippen molar-refractivity contribution in [2.75, 3.05) is 0 Å². The molecule has 4 nitrogen and oxygen atoms in total. The second-order valence-corrected chi connectivity index (χ2v) is 2.16. The molecule has 68 valence electrons. The van der Waals surface area contributed by atoms with Gasteiger partial charge in [-0.25, -0.2) is 9.59 Å². The fourth-order valence-electron chi connectivity index (χ4n) is 0.856. The van der Waals surface area contributed by atoms with Crippen molar-refractivity contribution < 1.29 is 75.5 Å². The van der Waals surface area contributed by atoms with Gasteiger partial charge in [-0.3, -0.25) is 0 Å². The first kappa shape index (κ1) is 17.5. The van der Waals surface area contributed by atoms with Crippen molar-refractivity contribution in [3.05, 3.63) is 35.4 Å². The zero-order chi connectivity index (χ0) is 9.14. The van der Waals surface area contributed by atoms with Crippen molar-refractivity contribution in [2.45, 2.75) is 0 Å². The molecule has 0 bridgehead atoms. The zero-order valence-electron chi connectivity index (χ0n) is 10.7. The Morgan fingerprint density at radius 1 is 1.00 bits per heavy atom. The fourth-order valence-corrected chi connectivity index (χ4v) is 0.856. The van der Waals surface area contributed by atoms with Gasteiger partial charge in [0, 0.05) is 0 Å². The van der Waals surface area contributed by atoms with Gasteiger partial charge in [-0.1, -0.05) is 12.1 Å². The number of carbonyl (C=O) groups is 2. The van der Waals surface area contributed by atoms with Gasteiger partial charge in [0.1, 0.15) is 0 Å². The molecule has 0 aromatic heterocycles. The zero-order valence-corrected chi connectivity index (χ0v) is 13.1. The Hall–Kier alpha value is 1.06. The number of hydrogen-bond acceptors (Lipinski definition) is 2. The summed E-state index contributed by atoms with van der Waals surface area (Å²) < 4.78 is 0. The quantitative estimate of drug-likeness (QED) is 0.596. The first-order chi connectivity index (χ1) is 5.63. The molecule has 1 rings (SSSR count). The molecule has 6 heteroatoms. The summed E-state index contributed by atoms with van der Waals surface area (Å²) in [6.07, 6.45) is 0. The van der Waals surface area contributed by atoms with Gasteiger partial charge in [0.15, 0.2) is 0 Å². The molecule has 0 aliphatic heterocycles. The normalized spacial score (nSPS) is 8.00. The predicted octanol–water partition coefficient (Wildman–Crippen LogP) is -1.96. The smallest absolute Gasteiger partial charge is 1.00 e. The van der Waals surface area contributed by atoms with Crippen molar-refractivity contribution in [3.63, 3.8) is 0 Å². The van der Waals surface area contributed by atoms with E-state index in [2.05, 4.69) is 0 Å². The molecule has 0 amide bonds. The number of benzene rings is 1. The standard InChI is InChI=1S/C8H6O4.Ca.K.3H/c9-7(10)5-3-1-2-4-6(5)8(11)12;;;;;/h1-4H,(H,9,10)(H,11,12);;;;;/q;+2;+1;3*-1. The molecule has 0 aliphatic carbocycles. The number of carboxylic acid groups (broad SMARTS) is 2. The molecular formula is C8H9CaKO4. The van der Waals surface area contributed by atoms with E-state index in [9.17, 15) is 9.59 Å². The van der Waals surface area contributed by atoms with E-state index < -0.39 is 11.9 Å². The molecule has 0 radical (unpaired) electrons. The van der Waals surface area contributed by atoms with Gasteiger partial charge in [0.05, 0.1) is 11.1 Å². The molecule has 0 saturated heterocycles. The maximum Gasteiger partial charge on any atom is 2.00 e. The second kappa shape index (κ2) is 8.24. The minimum atomic E-state index is -1.23. The van der Waals surface area contributed by atoms with Crippen molar-refractivity contribution in [2.24, 2.45) is 0 Å². The van der Waals surface area contributed by atoms with E-state index >= 15 is 0 Å². The van der Waals surface area contributed by atoms with Gasteiger partial charge in [-0.05, 0) is 12.1 Å². The van der Waals surface area contributed by atoms with Crippen molar-refractivity contribution in [1.29, 1.82) is 0 Å². The largest absolute Gasteiger partial charge is 2.00 e. The minimum Gasteiger partial charge on any atom is -1.00 e. The van der Waals surface area contributed by atoms with Crippen LogP contribution in [0.15, 0.2) is 24.3 Å². The van der Waals surface area contributed by atoms with Gasteiger partial charge in [0.2, 0.25) is 0 Å². The van der Waals surface area contributed by atoms with Gasteiger partial charge >= 0.3 is 101 Å². The molecule has 0 saturated carbocycles. The van der Waals surface area contributed by atoms with Crippen LogP contribution in [0.2, 0.25) is 0 Å². The Morgan fingerprint density at radius 3 is 1.50 bits per heavy atom. The number of aromatic carboxylic acids is 2. The third kappa shape index (κ3) is 4.72. The average molecular weight is 248 g/mol. The van der Waals surface area contributed by atoms with E-state index in [1.807, 2.05) is 0 Å². The molecular weight excluding hydrogens is 239 g/mol. The topological polar surface area (TPSA) is 74.6 Å². The first-order valence-corrected chi connectivity index (χ1v) is 3.18. The molecule has 0 aliphatic rings. The Kier molecular flexibility index (Phi) is 10.3. The third-order valence-electron chi connectivity index (χ3n) is 1.39. The summed E-state index contributed by atoms with van der Waals surface area (Å²) in [4.78, 5) is 20.9. The summed E-state index contributed by atoms with van der Waals surface area (Å²) in [6.45, 7) is 0. The minimum absolute atomic E-state index is 0. The Labute approximate surface area is 158 Å². The summed E-state index contributed by atoms with van der Waals surface area (Å²) in [5.41, 5.74) is -0.380. The van der Waals surface area contributed by atoms with Crippen molar-refractivity contribution >= 4 is 49.7 Å². The Bertz CT molecular complexity index is 318. The van der Waals surface area contributed by atoms with E-state index in [0.29, 0.717) is 0 Å². The van der Waals surface area contributed by atoms with Crippen LogP contribution in [0.4, 0.5) is 0 Å². The van der Waals surface area contributed by atoms with E-state index in [4.69, 9.17) is 10.2 Å². The number of rotatable bonds is 2. The molecule has 0 heterocycles. The number of carboxylic acids is 2. The van der Waals surface area contributed by atoms with Crippen LogP contribution in [0.3, 0.4) is 0 Å². The molecule has 0 fully saturated rings. The molecule has 14 heavy (non-hydrogen) atoms. The first-order valence-electron chi connectivity index (χ1n) is 3.18. The summed E-state index contributed by atoms with van der Waals surface area (Å²) >= 11 is 0. The Morgan fingerprint density at radius 2 is 1.29 bits per heavy atom. The Balaban J connectivity index is -0.0000000960. The average Bonchev–Trinajstić information content (AvgIpc) is 2.04. The van der Waals surface area contributed by atoms with E-state index in [0.717, 1.165) is 0 Å². The molecule has 0 atom stereocenters. The monoisotopic (exact) mass is 248 g/mol. The van der Waals surface area contributed by atoms with Gasteiger partial charge < -0.3 is 14.5 Å². The van der Waals surface area contributed by atoms with Crippen LogP contribution in [0.25, 0.3) is 0 Å². The summed E-state index contributed by atoms with van der Waals surface area (Å²) in [7, 11) is 0. The van der Waals surface area contributed by atoms with E-state index in [-0.39, 0.29) is 105 Å². The van der Waals surface area contributed by atoms with Crippen LogP contribution in [-0.4, -0.2) is 59.9 Å². The van der Waals surface area contributed by atoms with Crippen molar-refractivity contribution in [1.82, 2.24) is 0 Å². The van der Waals surface area contributed by atoms with Crippen LogP contribution in [0, 0.1) is 0 Å². The maximum absolute atomic E-state index is 10.5. The SMILES string of the molecule is O=C(O)c1ccccc1C(=O)O.[Ca+2].[H-].[H-].[H-].[K+]. The number of hydrogen-bond donors (Lipinski definition) is 2. The van der Waals surface area contributed by atoms with E-state index in [1.54, 1.807) is 0 Å². The molecule has 0 spiro atoms. The molecule has 0 unspecified atom stereocenters. The van der Waals surface area contributed by atoms with Gasteiger partial charge in [-0.15, -0.1) is 0 Å². The van der Waals surface area contributed by atoms with Gasteiger partial charge in [-0.2, -0.15) is 0 Å². The van der Waals surface area contributed by atoms with Crippen LogP contribution in [0.5, 0.6) is 0 Å². The predicted molar refractivity (Wildman–Crippen MR) is 49.5 cm³/mol. The van der Waals surface area contributed by atoms with Crippen LogP contribution in [0.1, 0.15) is 25.0 Å². The van der Waals surface area contributed by atoms with Crippen LogP contribution in [-0.2, 0) is 0 Å². The summed E-state index contributed by atoms with van der Waals surface area (Å²) in [6, 6.07) is 5.48. The third-order valence-corrected chi connectivity index (χ3v) is 1.39. The van der Waals surface area contributed by atoms with Crippen LogP contribution < -0.4 is 51.4 Å². The van der Waals surface area contributed by atoms with Gasteiger partial charge in [0.25, 0.3) is 0 Å². The second-order valence-electron chi connectivity index (χ2n) is 2.16. The van der Waals surface area contributed by atoms with E-state index in [1.165, 1.54) is 24.3 Å². The molecule has 2 N–H and O–H groups in total. The molecule has 1 aromatic rings.